The van der Waals surface area contributed by atoms with Crippen molar-refractivity contribution in [2.45, 2.75) is 11.7 Å². The summed E-state index contributed by atoms with van der Waals surface area (Å²) in [4.78, 5) is 0. The molecule has 8 heavy (non-hydrogen) atoms. The Kier molecular flexibility index (Phi) is 2.08. The zero-order chi connectivity index (χ0) is 5.98. The van der Waals surface area contributed by atoms with Crippen LogP contribution in [0.5, 0.6) is 0 Å². The lowest BCUT2D eigenvalue weighted by Crippen LogP contribution is -1.95. The lowest BCUT2D eigenvalue weighted by Gasteiger charge is -1.97. The monoisotopic (exact) mass is 144 g/mol. The van der Waals surface area contributed by atoms with Gasteiger partial charge < -0.3 is 0 Å². The fourth-order valence-corrected chi connectivity index (χ4v) is 1.35. The van der Waals surface area contributed by atoms with E-state index in [9.17, 15) is 0 Å². The summed E-state index contributed by atoms with van der Waals surface area (Å²) in [6.07, 6.45) is 5.30. The van der Waals surface area contributed by atoms with E-state index in [0.29, 0.717) is 11.2 Å². The zero-order valence-corrected chi connectivity index (χ0v) is 6.16. The van der Waals surface area contributed by atoms with Gasteiger partial charge in [0.1, 0.15) is 0 Å². The molecular weight excluding hydrogens is 136 g/mol. The Hall–Kier alpha value is 0.180. The van der Waals surface area contributed by atoms with Crippen molar-refractivity contribution in [2.75, 3.05) is 0 Å². The third kappa shape index (κ3) is 1.33. The third-order valence-electron chi connectivity index (χ3n) is 1.27. The summed E-state index contributed by atoms with van der Waals surface area (Å²) >= 11 is 9.01. The van der Waals surface area contributed by atoms with Gasteiger partial charge in [0, 0.05) is 11.2 Å². The summed E-state index contributed by atoms with van der Waals surface area (Å²) in [5.74, 6) is 0.507. The molecule has 0 fully saturated rings. The molecule has 0 heterocycles. The van der Waals surface area contributed by atoms with Crippen LogP contribution in [0.15, 0.2) is 12.2 Å². The molecule has 0 saturated heterocycles. The number of rotatable bonds is 1. The maximum absolute atomic E-state index is 4.75. The Morgan fingerprint density at radius 3 is 2.62 bits per heavy atom. The molecule has 0 nitrogen and oxygen atoms in total. The van der Waals surface area contributed by atoms with Gasteiger partial charge in [-0.25, -0.2) is 0 Å². The van der Waals surface area contributed by atoms with Gasteiger partial charge in [0.05, 0.1) is 0 Å². The summed E-state index contributed by atoms with van der Waals surface area (Å²) < 4.78 is 0. The molecule has 0 aromatic carbocycles. The van der Waals surface area contributed by atoms with Crippen molar-refractivity contribution >= 4 is 30.2 Å². The summed E-state index contributed by atoms with van der Waals surface area (Å²) in [5, 5.41) is 2.24. The van der Waals surface area contributed by atoms with E-state index in [1.807, 2.05) is 0 Å². The van der Waals surface area contributed by atoms with Gasteiger partial charge >= 0.3 is 0 Å². The molecule has 0 saturated carbocycles. The highest BCUT2D eigenvalue weighted by atomic mass is 32.1. The van der Waals surface area contributed by atoms with Crippen LogP contribution >= 0.6 is 24.8 Å². The van der Waals surface area contributed by atoms with Gasteiger partial charge in [0.15, 0.2) is 0 Å². The number of hydrogen-bond donors (Lipinski definition) is 1. The van der Waals surface area contributed by atoms with Gasteiger partial charge in [-0.3, -0.25) is 0 Å². The zero-order valence-electron chi connectivity index (χ0n) is 4.45. The number of allylic oxidation sites excluding steroid dienone is 1. The summed E-state index contributed by atoms with van der Waals surface area (Å²) in [6, 6.07) is 0. The molecule has 1 rings (SSSR count). The van der Waals surface area contributed by atoms with Gasteiger partial charge in [-0.15, -0.1) is 0 Å². The SMILES string of the molecule is S=CC1C=CC(S)C1. The molecule has 0 amide bonds. The van der Waals surface area contributed by atoms with Crippen LogP contribution in [0.25, 0.3) is 0 Å². The first-order valence-electron chi connectivity index (χ1n) is 2.64. The second-order valence-corrected chi connectivity index (χ2v) is 2.92. The van der Waals surface area contributed by atoms with Crippen LogP contribution in [0, 0.1) is 5.92 Å². The predicted octanol–water partition coefficient (Wildman–Crippen LogP) is 1.86. The standard InChI is InChI=1S/C6H8S2/c7-4-5-1-2-6(8)3-5/h1-2,4-6,8H,3H2. The first-order chi connectivity index (χ1) is 3.83. The maximum atomic E-state index is 4.75. The van der Waals surface area contributed by atoms with Crippen molar-refractivity contribution in [3.63, 3.8) is 0 Å². The minimum atomic E-state index is 0.444. The first-order valence-corrected chi connectivity index (χ1v) is 3.63. The molecule has 2 unspecified atom stereocenters. The molecule has 0 bridgehead atoms. The largest absolute Gasteiger partial charge is 0.172 e. The lowest BCUT2D eigenvalue weighted by atomic mass is 10.2. The average Bonchev–Trinajstić information content (AvgIpc) is 2.14. The van der Waals surface area contributed by atoms with Crippen LogP contribution in [0.3, 0.4) is 0 Å². The van der Waals surface area contributed by atoms with Crippen LogP contribution in [0.4, 0.5) is 0 Å². The van der Waals surface area contributed by atoms with Gasteiger partial charge in [0.2, 0.25) is 0 Å². The van der Waals surface area contributed by atoms with E-state index in [4.69, 9.17) is 12.2 Å². The second kappa shape index (κ2) is 2.65. The number of hydrogen-bond acceptors (Lipinski definition) is 2. The molecule has 2 atom stereocenters. The number of thiocarbonyl (C=S) groups is 1. The Morgan fingerprint density at radius 2 is 2.38 bits per heavy atom. The van der Waals surface area contributed by atoms with Crippen molar-refractivity contribution < 1.29 is 0 Å². The van der Waals surface area contributed by atoms with E-state index < -0.39 is 0 Å². The summed E-state index contributed by atoms with van der Waals surface area (Å²) in [6.45, 7) is 0. The fourth-order valence-electron chi connectivity index (χ4n) is 0.808. The predicted molar refractivity (Wildman–Crippen MR) is 43.7 cm³/mol. The van der Waals surface area contributed by atoms with Crippen LogP contribution < -0.4 is 0 Å². The van der Waals surface area contributed by atoms with Crippen molar-refractivity contribution in [2.24, 2.45) is 5.92 Å². The van der Waals surface area contributed by atoms with Crippen LogP contribution in [-0.2, 0) is 0 Å². The maximum Gasteiger partial charge on any atom is 0.0205 e. The van der Waals surface area contributed by atoms with Crippen molar-refractivity contribution in [1.29, 1.82) is 0 Å². The average molecular weight is 144 g/mol. The van der Waals surface area contributed by atoms with Crippen molar-refractivity contribution in [3.05, 3.63) is 12.2 Å². The van der Waals surface area contributed by atoms with E-state index in [1.54, 1.807) is 5.37 Å². The Morgan fingerprint density at radius 1 is 1.62 bits per heavy atom. The van der Waals surface area contributed by atoms with Gasteiger partial charge in [-0.05, 0) is 11.8 Å². The minimum Gasteiger partial charge on any atom is -0.172 e. The molecule has 0 aromatic heterocycles. The summed E-state index contributed by atoms with van der Waals surface area (Å²) in [5.41, 5.74) is 0. The van der Waals surface area contributed by atoms with Gasteiger partial charge in [-0.2, -0.15) is 12.6 Å². The number of thiol groups is 1. The van der Waals surface area contributed by atoms with Crippen molar-refractivity contribution in [1.82, 2.24) is 0 Å². The Labute approximate surface area is 60.4 Å². The molecular formula is C6H8S2. The van der Waals surface area contributed by atoms with Gasteiger partial charge in [-0.1, -0.05) is 24.4 Å². The van der Waals surface area contributed by atoms with E-state index in [2.05, 4.69) is 24.8 Å². The van der Waals surface area contributed by atoms with E-state index >= 15 is 0 Å². The molecule has 0 spiro atoms. The van der Waals surface area contributed by atoms with Crippen LogP contribution in [0.2, 0.25) is 0 Å². The highest BCUT2D eigenvalue weighted by molar-refractivity contribution is 7.81. The normalized spacial score (nSPS) is 35.6. The molecule has 1 aliphatic carbocycles. The second-order valence-electron chi connectivity index (χ2n) is 1.99. The van der Waals surface area contributed by atoms with Gasteiger partial charge in [0.25, 0.3) is 0 Å². The van der Waals surface area contributed by atoms with E-state index in [1.165, 1.54) is 0 Å². The van der Waals surface area contributed by atoms with Crippen LogP contribution in [-0.4, -0.2) is 10.6 Å². The van der Waals surface area contributed by atoms with E-state index in [-0.39, 0.29) is 0 Å². The topological polar surface area (TPSA) is 0 Å². The molecule has 0 radical (unpaired) electrons. The molecule has 44 valence electrons. The fraction of sp³-hybridized carbons (Fsp3) is 0.500. The molecule has 0 N–H and O–H groups in total. The quantitative estimate of drug-likeness (QED) is 0.333. The molecule has 0 aromatic rings. The minimum absolute atomic E-state index is 0.444. The molecule has 2 heteroatoms. The molecule has 0 aliphatic heterocycles. The first kappa shape index (κ1) is 6.30. The third-order valence-corrected chi connectivity index (χ3v) is 2.00. The van der Waals surface area contributed by atoms with Crippen molar-refractivity contribution in [3.8, 4) is 0 Å². The Bertz CT molecular complexity index is 118. The smallest absolute Gasteiger partial charge is 0.0205 e. The highest BCUT2D eigenvalue weighted by Gasteiger charge is 2.11. The Balaban J connectivity index is 2.45. The molecule has 1 aliphatic rings. The van der Waals surface area contributed by atoms with E-state index in [0.717, 1.165) is 6.42 Å². The summed E-state index contributed by atoms with van der Waals surface area (Å²) in [7, 11) is 0. The highest BCUT2D eigenvalue weighted by Crippen LogP contribution is 2.19. The van der Waals surface area contributed by atoms with Crippen LogP contribution in [0.1, 0.15) is 6.42 Å². The lowest BCUT2D eigenvalue weighted by molar-refractivity contribution is 0.846.